The fraction of sp³-hybridized carbons (Fsp3) is 0.185. The highest BCUT2D eigenvalue weighted by Gasteiger charge is 2.46. The van der Waals surface area contributed by atoms with Gasteiger partial charge in [0.2, 0.25) is 0 Å². The van der Waals surface area contributed by atoms with Crippen molar-refractivity contribution in [3.05, 3.63) is 100 Å². The number of ketones is 1. The molecule has 1 amide bonds. The molecule has 0 aromatic heterocycles. The summed E-state index contributed by atoms with van der Waals surface area (Å²) in [6.45, 7) is 2.57. The molecule has 1 atom stereocenters. The van der Waals surface area contributed by atoms with Crippen molar-refractivity contribution in [3.63, 3.8) is 0 Å². The lowest BCUT2D eigenvalue weighted by Crippen LogP contribution is -2.29. The SMILES string of the molecule is CCOc1cccc(CN2C(=O)C(=O)/C(=C(\O)c3cccc(Cl)c3)C2c2ccc(OC)cc2)c1. The van der Waals surface area contributed by atoms with E-state index in [9.17, 15) is 14.7 Å². The third kappa shape index (κ3) is 4.63. The van der Waals surface area contributed by atoms with Gasteiger partial charge in [0.1, 0.15) is 17.3 Å². The molecule has 0 spiro atoms. The van der Waals surface area contributed by atoms with Crippen molar-refractivity contribution in [3.8, 4) is 11.5 Å². The number of likely N-dealkylation sites (tertiary alicyclic amines) is 1. The van der Waals surface area contributed by atoms with Crippen LogP contribution in [-0.4, -0.2) is 35.4 Å². The molecule has 1 N–H and O–H groups in total. The summed E-state index contributed by atoms with van der Waals surface area (Å²) in [5.74, 6) is -0.394. The Kier molecular flexibility index (Phi) is 6.89. The molecule has 34 heavy (non-hydrogen) atoms. The van der Waals surface area contributed by atoms with Crippen molar-refractivity contribution in [2.24, 2.45) is 0 Å². The Balaban J connectivity index is 1.82. The summed E-state index contributed by atoms with van der Waals surface area (Å²) in [6.07, 6.45) is 0. The number of methoxy groups -OCH3 is 1. The minimum absolute atomic E-state index is 0.0124. The van der Waals surface area contributed by atoms with E-state index in [0.717, 1.165) is 5.56 Å². The van der Waals surface area contributed by atoms with E-state index < -0.39 is 17.7 Å². The van der Waals surface area contributed by atoms with Crippen LogP contribution in [0.5, 0.6) is 11.5 Å². The minimum Gasteiger partial charge on any atom is -0.507 e. The third-order valence-electron chi connectivity index (χ3n) is 5.63. The molecule has 4 rings (SSSR count). The standard InChI is InChI=1S/C27H24ClNO5/c1-3-34-22-9-4-6-17(14-22)16-29-24(18-10-12-21(33-2)13-11-18)23(26(31)27(29)32)25(30)19-7-5-8-20(28)15-19/h4-15,24,30H,3,16H2,1-2H3/b25-23-. The maximum Gasteiger partial charge on any atom is 0.295 e. The maximum atomic E-state index is 13.2. The van der Waals surface area contributed by atoms with Crippen molar-refractivity contribution in [1.29, 1.82) is 0 Å². The average molecular weight is 478 g/mol. The fourth-order valence-corrected chi connectivity index (χ4v) is 4.25. The van der Waals surface area contributed by atoms with Crippen molar-refractivity contribution < 1.29 is 24.2 Å². The quantitative estimate of drug-likeness (QED) is 0.281. The molecule has 0 saturated carbocycles. The van der Waals surface area contributed by atoms with Crippen LogP contribution in [0, 0.1) is 0 Å². The molecule has 6 nitrogen and oxygen atoms in total. The molecule has 0 radical (unpaired) electrons. The molecule has 1 fully saturated rings. The predicted octanol–water partition coefficient (Wildman–Crippen LogP) is 5.37. The molecule has 7 heteroatoms. The molecule has 1 unspecified atom stereocenters. The molecule has 174 valence electrons. The van der Waals surface area contributed by atoms with E-state index in [1.807, 2.05) is 31.2 Å². The Hall–Kier alpha value is -3.77. The number of aliphatic hydroxyl groups excluding tert-OH is 1. The largest absolute Gasteiger partial charge is 0.507 e. The summed E-state index contributed by atoms with van der Waals surface area (Å²) in [7, 11) is 1.56. The number of ether oxygens (including phenoxy) is 2. The number of carbonyl (C=O) groups is 2. The highest BCUT2D eigenvalue weighted by Crippen LogP contribution is 2.41. The molecule has 0 aliphatic carbocycles. The van der Waals surface area contributed by atoms with Crippen LogP contribution >= 0.6 is 11.6 Å². The first kappa shape index (κ1) is 23.4. The number of halogens is 1. The van der Waals surface area contributed by atoms with Gasteiger partial charge in [-0.2, -0.15) is 0 Å². The van der Waals surface area contributed by atoms with Gasteiger partial charge in [-0.05, 0) is 54.4 Å². The first-order valence-electron chi connectivity index (χ1n) is 10.8. The Labute approximate surface area is 203 Å². The number of amides is 1. The Morgan fingerprint density at radius 3 is 2.41 bits per heavy atom. The van der Waals surface area contributed by atoms with Crippen molar-refractivity contribution in [1.82, 2.24) is 4.90 Å². The van der Waals surface area contributed by atoms with Gasteiger partial charge in [-0.1, -0.05) is 48.0 Å². The van der Waals surface area contributed by atoms with E-state index in [0.29, 0.717) is 34.3 Å². The number of rotatable bonds is 7. The topological polar surface area (TPSA) is 76.1 Å². The molecular weight excluding hydrogens is 454 g/mol. The number of Topliss-reactive ketones (excluding diaryl/α,β-unsaturated/α-hetero) is 1. The summed E-state index contributed by atoms with van der Waals surface area (Å²) in [5, 5.41) is 11.5. The third-order valence-corrected chi connectivity index (χ3v) is 5.87. The second-order valence-corrected chi connectivity index (χ2v) is 8.23. The number of carbonyl (C=O) groups excluding carboxylic acids is 2. The lowest BCUT2D eigenvalue weighted by Gasteiger charge is -2.25. The number of hydrogen-bond acceptors (Lipinski definition) is 5. The first-order chi connectivity index (χ1) is 16.4. The average Bonchev–Trinajstić information content (AvgIpc) is 3.09. The van der Waals surface area contributed by atoms with Gasteiger partial charge in [-0.25, -0.2) is 0 Å². The number of nitrogens with zero attached hydrogens (tertiary/aromatic N) is 1. The van der Waals surface area contributed by atoms with Crippen molar-refractivity contribution >= 4 is 29.1 Å². The Bertz CT molecular complexity index is 1250. The van der Waals surface area contributed by atoms with E-state index in [1.54, 1.807) is 55.6 Å². The maximum absolute atomic E-state index is 13.2. The molecule has 1 aliphatic rings. The monoisotopic (exact) mass is 477 g/mol. The summed E-state index contributed by atoms with van der Waals surface area (Å²) in [4.78, 5) is 27.8. The first-order valence-corrected chi connectivity index (χ1v) is 11.2. The molecule has 1 heterocycles. The van der Waals surface area contributed by atoms with Crippen molar-refractivity contribution in [2.75, 3.05) is 13.7 Å². The van der Waals surface area contributed by atoms with Gasteiger partial charge in [-0.15, -0.1) is 0 Å². The van der Waals surface area contributed by atoms with E-state index in [1.165, 1.54) is 4.90 Å². The van der Waals surface area contributed by atoms with Crippen LogP contribution in [0.25, 0.3) is 5.76 Å². The van der Waals surface area contributed by atoms with Gasteiger partial charge in [0.25, 0.3) is 11.7 Å². The van der Waals surface area contributed by atoms with Crippen LogP contribution in [-0.2, 0) is 16.1 Å². The van der Waals surface area contributed by atoms with Gasteiger partial charge < -0.3 is 19.5 Å². The van der Waals surface area contributed by atoms with Gasteiger partial charge >= 0.3 is 0 Å². The summed E-state index contributed by atoms with van der Waals surface area (Å²) in [5.41, 5.74) is 1.85. The van der Waals surface area contributed by atoms with Crippen LogP contribution in [0.2, 0.25) is 5.02 Å². The predicted molar refractivity (Wildman–Crippen MR) is 130 cm³/mol. The zero-order valence-electron chi connectivity index (χ0n) is 18.8. The molecule has 1 saturated heterocycles. The lowest BCUT2D eigenvalue weighted by molar-refractivity contribution is -0.140. The Morgan fingerprint density at radius 2 is 1.74 bits per heavy atom. The number of hydrogen-bond donors (Lipinski definition) is 1. The van der Waals surface area contributed by atoms with Crippen LogP contribution in [0.3, 0.4) is 0 Å². The van der Waals surface area contributed by atoms with E-state index in [-0.39, 0.29) is 17.9 Å². The van der Waals surface area contributed by atoms with Crippen LogP contribution < -0.4 is 9.47 Å². The summed E-state index contributed by atoms with van der Waals surface area (Å²) in [6, 6.07) is 20.2. The molecule has 3 aromatic rings. The second kappa shape index (κ2) is 10.0. The van der Waals surface area contributed by atoms with Gasteiger partial charge in [0.05, 0.1) is 25.3 Å². The zero-order valence-corrected chi connectivity index (χ0v) is 19.6. The minimum atomic E-state index is -0.791. The number of benzene rings is 3. The normalized spacial score (nSPS) is 17.1. The van der Waals surface area contributed by atoms with Gasteiger partial charge in [0.15, 0.2) is 0 Å². The van der Waals surface area contributed by atoms with E-state index in [4.69, 9.17) is 21.1 Å². The van der Waals surface area contributed by atoms with Crippen LogP contribution in [0.4, 0.5) is 0 Å². The van der Waals surface area contributed by atoms with Gasteiger partial charge in [0, 0.05) is 17.1 Å². The second-order valence-electron chi connectivity index (χ2n) is 7.79. The highest BCUT2D eigenvalue weighted by molar-refractivity contribution is 6.46. The molecular formula is C27H24ClNO5. The Morgan fingerprint density at radius 1 is 1.00 bits per heavy atom. The molecule has 1 aliphatic heterocycles. The van der Waals surface area contributed by atoms with Crippen LogP contribution in [0.15, 0.2) is 78.4 Å². The number of aliphatic hydroxyl groups is 1. The summed E-state index contributed by atoms with van der Waals surface area (Å²) >= 11 is 6.10. The molecule has 0 bridgehead atoms. The van der Waals surface area contributed by atoms with Crippen molar-refractivity contribution in [2.45, 2.75) is 19.5 Å². The molecule has 3 aromatic carbocycles. The van der Waals surface area contributed by atoms with E-state index in [2.05, 4.69) is 0 Å². The zero-order chi connectivity index (χ0) is 24.2. The van der Waals surface area contributed by atoms with Crippen LogP contribution in [0.1, 0.15) is 29.7 Å². The fourth-order valence-electron chi connectivity index (χ4n) is 4.06. The van der Waals surface area contributed by atoms with E-state index >= 15 is 0 Å². The van der Waals surface area contributed by atoms with Gasteiger partial charge in [-0.3, -0.25) is 9.59 Å². The highest BCUT2D eigenvalue weighted by atomic mass is 35.5. The smallest absolute Gasteiger partial charge is 0.295 e. The summed E-state index contributed by atoms with van der Waals surface area (Å²) < 4.78 is 10.8. The lowest BCUT2D eigenvalue weighted by atomic mass is 9.95.